The summed E-state index contributed by atoms with van der Waals surface area (Å²) in [6.45, 7) is 2.16. The average Bonchev–Trinajstić information content (AvgIpc) is 3.77. The Hall–Kier alpha value is -3.66. The average molecular weight is 480 g/mol. The summed E-state index contributed by atoms with van der Waals surface area (Å²) in [7, 11) is 0. The molecule has 7 rings (SSSR count). The molecule has 1 aliphatic heterocycles. The molecule has 4 fully saturated rings. The lowest BCUT2D eigenvalue weighted by molar-refractivity contribution is -0.576. The van der Waals surface area contributed by atoms with Gasteiger partial charge >= 0.3 is 0 Å². The zero-order valence-corrected chi connectivity index (χ0v) is 20.3. The molecule has 3 heterocycles. The first-order valence-electron chi connectivity index (χ1n) is 13.2. The van der Waals surface area contributed by atoms with Gasteiger partial charge in [0, 0.05) is 54.7 Å². The van der Waals surface area contributed by atoms with Crippen LogP contribution in [0, 0.1) is 28.4 Å². The second-order valence-corrected chi connectivity index (χ2v) is 10.9. The van der Waals surface area contributed by atoms with Gasteiger partial charge in [-0.1, -0.05) is 12.1 Å². The fraction of sp³-hybridized carbons (Fsp3) is 0.448. The van der Waals surface area contributed by atoms with E-state index >= 15 is 0 Å². The van der Waals surface area contributed by atoms with Crippen molar-refractivity contribution in [2.45, 2.75) is 50.5 Å². The lowest BCUT2D eigenvalue weighted by atomic mass is 9.96. The zero-order valence-electron chi connectivity index (χ0n) is 20.3. The van der Waals surface area contributed by atoms with E-state index < -0.39 is 0 Å². The monoisotopic (exact) mass is 479 g/mol. The second kappa shape index (κ2) is 8.19. The van der Waals surface area contributed by atoms with Crippen LogP contribution >= 0.6 is 0 Å². The van der Waals surface area contributed by atoms with Crippen molar-refractivity contribution in [3.63, 3.8) is 0 Å². The van der Waals surface area contributed by atoms with Gasteiger partial charge in [-0.3, -0.25) is 4.79 Å². The van der Waals surface area contributed by atoms with Gasteiger partial charge in [0.05, 0.1) is 22.7 Å². The number of rotatable bonds is 5. The molecule has 182 valence electrons. The molecule has 1 unspecified atom stereocenters. The van der Waals surface area contributed by atoms with Crippen molar-refractivity contribution >= 4 is 22.6 Å². The highest BCUT2D eigenvalue weighted by Crippen LogP contribution is 2.46. The van der Waals surface area contributed by atoms with Crippen LogP contribution < -0.4 is 9.63 Å². The van der Waals surface area contributed by atoms with Gasteiger partial charge in [-0.15, -0.1) is 0 Å². The molecule has 3 saturated carbocycles. The summed E-state index contributed by atoms with van der Waals surface area (Å²) in [5.41, 5.74) is 4.11. The minimum Gasteiger partial charge on any atom is -0.618 e. The van der Waals surface area contributed by atoms with Crippen molar-refractivity contribution < 1.29 is 9.52 Å². The first-order valence-corrected chi connectivity index (χ1v) is 13.2. The predicted octanol–water partition coefficient (Wildman–Crippen LogP) is 4.12. The van der Waals surface area contributed by atoms with Gasteiger partial charge in [0.25, 0.3) is 0 Å². The Balaban J connectivity index is 1.29. The summed E-state index contributed by atoms with van der Waals surface area (Å²) >= 11 is 0. The molecule has 1 aromatic carbocycles. The number of pyridine rings is 2. The van der Waals surface area contributed by atoms with E-state index in [-0.39, 0.29) is 12.0 Å². The number of para-hydroxylation sites is 1. The number of nitriles is 1. The fourth-order valence-electron chi connectivity index (χ4n) is 5.89. The van der Waals surface area contributed by atoms with Crippen molar-refractivity contribution in [1.82, 2.24) is 9.88 Å². The number of hydrogen-bond donors (Lipinski definition) is 0. The number of carbonyl (C=O) groups is 1. The first kappa shape index (κ1) is 21.6. The normalized spacial score (nSPS) is 22.0. The van der Waals surface area contributed by atoms with Crippen LogP contribution in [0.25, 0.3) is 22.0 Å². The number of piperazine rings is 1. The third kappa shape index (κ3) is 3.67. The van der Waals surface area contributed by atoms with E-state index in [1.807, 2.05) is 36.4 Å². The van der Waals surface area contributed by atoms with Gasteiger partial charge in [-0.2, -0.15) is 9.99 Å². The molecule has 3 aliphatic carbocycles. The molecule has 3 aromatic rings. The maximum absolute atomic E-state index is 13.0. The van der Waals surface area contributed by atoms with Crippen molar-refractivity contribution in [2.24, 2.45) is 11.8 Å². The number of fused-ring (bicyclic) bond motifs is 1. The molecule has 0 bridgehead atoms. The van der Waals surface area contributed by atoms with Crippen molar-refractivity contribution in [1.29, 1.82) is 5.26 Å². The fourth-order valence-corrected chi connectivity index (χ4v) is 5.89. The molecule has 7 heteroatoms. The van der Waals surface area contributed by atoms with E-state index in [2.05, 4.69) is 15.9 Å². The molecule has 36 heavy (non-hydrogen) atoms. The maximum Gasteiger partial charge on any atom is 0.226 e. The molecule has 4 aliphatic rings. The van der Waals surface area contributed by atoms with E-state index in [0.717, 1.165) is 65.0 Å². The van der Waals surface area contributed by atoms with E-state index in [4.69, 9.17) is 4.98 Å². The Morgan fingerprint density at radius 2 is 1.86 bits per heavy atom. The van der Waals surface area contributed by atoms with Crippen molar-refractivity contribution in [2.75, 3.05) is 24.5 Å². The molecular weight excluding hydrogens is 450 g/mol. The highest BCUT2D eigenvalue weighted by molar-refractivity contribution is 5.94. The van der Waals surface area contributed by atoms with Gasteiger partial charge in [0.15, 0.2) is 6.20 Å². The molecule has 1 atom stereocenters. The van der Waals surface area contributed by atoms with Crippen LogP contribution in [0.15, 0.2) is 42.6 Å². The predicted molar refractivity (Wildman–Crippen MR) is 136 cm³/mol. The largest absolute Gasteiger partial charge is 0.618 e. The van der Waals surface area contributed by atoms with Crippen LogP contribution in [0.1, 0.15) is 55.7 Å². The van der Waals surface area contributed by atoms with Gasteiger partial charge in [0.1, 0.15) is 11.9 Å². The Morgan fingerprint density at radius 3 is 2.58 bits per heavy atom. The SMILES string of the molecule is N#Cc1cc(-c2cc[n+]([O-])c3ccccc23)c(C2CC2)nc1N1CCN(C(=O)C2CC2)C(C2CC2)C1. The number of hydrogen-bond acceptors (Lipinski definition) is 5. The summed E-state index contributed by atoms with van der Waals surface area (Å²) in [6, 6.07) is 14.1. The summed E-state index contributed by atoms with van der Waals surface area (Å²) in [5.74, 6) is 2.27. The summed E-state index contributed by atoms with van der Waals surface area (Å²) in [4.78, 5) is 22.5. The van der Waals surface area contributed by atoms with Gasteiger partial charge in [0.2, 0.25) is 11.4 Å². The van der Waals surface area contributed by atoms with Crippen LogP contribution in [0.3, 0.4) is 0 Å². The standard InChI is InChI=1S/C29H29N5O2/c30-16-21-15-24(22-11-12-34(36)25-4-2-1-3-23(22)25)27(19-7-8-19)31-28(21)32-13-14-33(29(35)20-9-10-20)26(17-32)18-5-6-18/h1-4,11-12,15,18-20,26H,5-10,13-14,17H2. The van der Waals surface area contributed by atoms with Gasteiger partial charge in [-0.25, -0.2) is 4.98 Å². The number of aromatic nitrogens is 2. The number of carbonyl (C=O) groups excluding carboxylic acids is 1. The molecule has 0 radical (unpaired) electrons. The van der Waals surface area contributed by atoms with Crippen LogP contribution in [0.2, 0.25) is 0 Å². The molecule has 0 N–H and O–H groups in total. The minimum absolute atomic E-state index is 0.217. The second-order valence-electron chi connectivity index (χ2n) is 10.9. The number of benzene rings is 1. The molecule has 0 spiro atoms. The quantitative estimate of drug-likeness (QED) is 0.406. The summed E-state index contributed by atoms with van der Waals surface area (Å²) in [6.07, 6.45) is 8.15. The van der Waals surface area contributed by atoms with E-state index in [1.165, 1.54) is 12.8 Å². The molecule has 1 amide bonds. The van der Waals surface area contributed by atoms with Crippen LogP contribution in [0.5, 0.6) is 0 Å². The van der Waals surface area contributed by atoms with E-state index in [1.54, 1.807) is 6.20 Å². The lowest BCUT2D eigenvalue weighted by Crippen LogP contribution is -2.57. The number of anilines is 1. The molecule has 7 nitrogen and oxygen atoms in total. The molecular formula is C29H29N5O2. The number of nitrogens with zero attached hydrogens (tertiary/aromatic N) is 5. The zero-order chi connectivity index (χ0) is 24.4. The Labute approximate surface area is 210 Å². The third-order valence-corrected chi connectivity index (χ3v) is 8.31. The lowest BCUT2D eigenvalue weighted by Gasteiger charge is -2.43. The van der Waals surface area contributed by atoms with Crippen molar-refractivity contribution in [3.8, 4) is 17.2 Å². The van der Waals surface area contributed by atoms with Crippen LogP contribution in [-0.2, 0) is 4.79 Å². The van der Waals surface area contributed by atoms with Crippen LogP contribution in [-0.4, -0.2) is 41.5 Å². The molecule has 2 aromatic heterocycles. The topological polar surface area (TPSA) is 87.2 Å². The maximum atomic E-state index is 13.0. The first-order chi connectivity index (χ1) is 17.6. The number of amides is 1. The highest BCUT2D eigenvalue weighted by atomic mass is 16.5. The molecule has 1 saturated heterocycles. The minimum atomic E-state index is 0.217. The van der Waals surface area contributed by atoms with E-state index in [0.29, 0.717) is 41.9 Å². The Bertz CT molecular complexity index is 1420. The van der Waals surface area contributed by atoms with Crippen LogP contribution in [0.4, 0.5) is 5.82 Å². The highest BCUT2D eigenvalue weighted by Gasteiger charge is 2.45. The van der Waals surface area contributed by atoms with E-state index in [9.17, 15) is 15.3 Å². The van der Waals surface area contributed by atoms with Gasteiger partial charge < -0.3 is 15.0 Å². The summed E-state index contributed by atoms with van der Waals surface area (Å²) in [5, 5.41) is 23.5. The Morgan fingerprint density at radius 1 is 1.06 bits per heavy atom. The van der Waals surface area contributed by atoms with Gasteiger partial charge in [-0.05, 0) is 56.6 Å². The van der Waals surface area contributed by atoms with Crippen molar-refractivity contribution in [3.05, 3.63) is 59.1 Å². The summed E-state index contributed by atoms with van der Waals surface area (Å²) < 4.78 is 0.892. The third-order valence-electron chi connectivity index (χ3n) is 8.31. The smallest absolute Gasteiger partial charge is 0.226 e. The Kier molecular flexibility index (Phi) is 4.92.